The minimum absolute atomic E-state index is 0.120. The summed E-state index contributed by atoms with van der Waals surface area (Å²) in [5.41, 5.74) is 0.846. The van der Waals surface area contributed by atoms with Gasteiger partial charge in [-0.15, -0.1) is 0 Å². The van der Waals surface area contributed by atoms with E-state index in [1.54, 1.807) is 0 Å². The second-order valence-corrected chi connectivity index (χ2v) is 6.24. The van der Waals surface area contributed by atoms with Crippen LogP contribution < -0.4 is 4.83 Å². The zero-order valence-corrected chi connectivity index (χ0v) is 11.5. The van der Waals surface area contributed by atoms with Crippen molar-refractivity contribution in [3.8, 4) is 0 Å². The molecule has 2 aromatic rings. The normalized spacial score (nSPS) is 11.8. The molecule has 0 bridgehead atoms. The lowest BCUT2D eigenvalue weighted by atomic mass is 10.4. The summed E-state index contributed by atoms with van der Waals surface area (Å²) in [5, 5.41) is 7.92. The number of sulfonamides is 1. The number of thiophene rings is 1. The SMILES string of the molecule is O=S(=O)(N/N=C/c1ccsc1)c1ccc(Cl)cc1. The van der Waals surface area contributed by atoms with Crippen LogP contribution in [0.4, 0.5) is 0 Å². The van der Waals surface area contributed by atoms with E-state index in [0.717, 1.165) is 5.56 Å². The van der Waals surface area contributed by atoms with Crippen molar-refractivity contribution in [1.29, 1.82) is 0 Å². The lowest BCUT2D eigenvalue weighted by molar-refractivity contribution is 0.584. The van der Waals surface area contributed by atoms with Crippen molar-refractivity contribution in [3.63, 3.8) is 0 Å². The van der Waals surface area contributed by atoms with E-state index >= 15 is 0 Å². The average molecular weight is 301 g/mol. The Morgan fingerprint density at radius 2 is 1.94 bits per heavy atom. The van der Waals surface area contributed by atoms with Gasteiger partial charge in [0.1, 0.15) is 0 Å². The van der Waals surface area contributed by atoms with Crippen molar-refractivity contribution in [2.75, 3.05) is 0 Å². The van der Waals surface area contributed by atoms with E-state index in [0.29, 0.717) is 5.02 Å². The highest BCUT2D eigenvalue weighted by Gasteiger charge is 2.11. The van der Waals surface area contributed by atoms with Gasteiger partial charge in [-0.25, -0.2) is 4.83 Å². The first-order valence-corrected chi connectivity index (χ1v) is 7.71. The van der Waals surface area contributed by atoms with Crippen LogP contribution in [0, 0.1) is 0 Å². The van der Waals surface area contributed by atoms with Crippen molar-refractivity contribution in [2.45, 2.75) is 4.90 Å². The summed E-state index contributed by atoms with van der Waals surface area (Å²) < 4.78 is 23.6. The number of nitrogens with zero attached hydrogens (tertiary/aromatic N) is 1. The molecule has 4 nitrogen and oxygen atoms in total. The van der Waals surface area contributed by atoms with Crippen LogP contribution in [0.2, 0.25) is 5.02 Å². The van der Waals surface area contributed by atoms with E-state index in [-0.39, 0.29) is 4.90 Å². The molecule has 1 N–H and O–H groups in total. The van der Waals surface area contributed by atoms with Gasteiger partial charge in [-0.2, -0.15) is 24.9 Å². The van der Waals surface area contributed by atoms with Gasteiger partial charge in [-0.3, -0.25) is 0 Å². The lowest BCUT2D eigenvalue weighted by Crippen LogP contribution is -2.18. The van der Waals surface area contributed by atoms with Crippen LogP contribution in [0.15, 0.2) is 51.1 Å². The number of halogens is 1. The Kier molecular flexibility index (Phi) is 4.00. The Hall–Kier alpha value is -1.37. The number of rotatable bonds is 4. The van der Waals surface area contributed by atoms with Crippen molar-refractivity contribution in [1.82, 2.24) is 4.83 Å². The summed E-state index contributed by atoms with van der Waals surface area (Å²) in [5.74, 6) is 0. The molecule has 0 unspecified atom stereocenters. The average Bonchev–Trinajstić information content (AvgIpc) is 2.82. The maximum absolute atomic E-state index is 11.8. The fourth-order valence-corrected chi connectivity index (χ4v) is 2.71. The predicted octanol–water partition coefficient (Wildman–Crippen LogP) is 2.71. The van der Waals surface area contributed by atoms with Gasteiger partial charge in [-0.1, -0.05) is 11.6 Å². The number of nitrogens with one attached hydrogen (secondary N) is 1. The smallest absolute Gasteiger partial charge is 0.200 e. The predicted molar refractivity (Wildman–Crippen MR) is 73.7 cm³/mol. The van der Waals surface area contributed by atoms with Crippen LogP contribution in [0.5, 0.6) is 0 Å². The number of hydrogen-bond donors (Lipinski definition) is 1. The van der Waals surface area contributed by atoms with Crippen molar-refractivity contribution < 1.29 is 8.42 Å². The zero-order valence-electron chi connectivity index (χ0n) is 9.08. The Balaban J connectivity index is 2.10. The number of hydrogen-bond acceptors (Lipinski definition) is 4. The van der Waals surface area contributed by atoms with E-state index in [1.807, 2.05) is 16.8 Å². The second-order valence-electron chi connectivity index (χ2n) is 3.36. The van der Waals surface area contributed by atoms with Crippen LogP contribution in [0.3, 0.4) is 0 Å². The van der Waals surface area contributed by atoms with Gasteiger partial charge in [0.25, 0.3) is 10.0 Å². The molecule has 0 amide bonds. The van der Waals surface area contributed by atoms with Crippen LogP contribution in [-0.4, -0.2) is 14.6 Å². The molecule has 0 aliphatic heterocycles. The summed E-state index contributed by atoms with van der Waals surface area (Å²) >= 11 is 7.20. The summed E-state index contributed by atoms with van der Waals surface area (Å²) in [7, 11) is -3.63. The topological polar surface area (TPSA) is 58.5 Å². The third kappa shape index (κ3) is 3.32. The quantitative estimate of drug-likeness (QED) is 0.697. The number of benzene rings is 1. The molecule has 0 aliphatic carbocycles. The molecule has 2 rings (SSSR count). The first kappa shape index (κ1) is 13.1. The van der Waals surface area contributed by atoms with E-state index in [2.05, 4.69) is 9.93 Å². The molecule has 1 aromatic heterocycles. The van der Waals surface area contributed by atoms with Crippen LogP contribution in [0.1, 0.15) is 5.56 Å². The minimum Gasteiger partial charge on any atom is -0.200 e. The molecule has 1 aromatic carbocycles. The van der Waals surface area contributed by atoms with Crippen LogP contribution in [-0.2, 0) is 10.0 Å². The summed E-state index contributed by atoms with van der Waals surface area (Å²) in [6.45, 7) is 0. The Morgan fingerprint density at radius 3 is 2.56 bits per heavy atom. The first-order chi connectivity index (χ1) is 8.58. The number of hydrazone groups is 1. The molecular formula is C11H9ClN2O2S2. The fraction of sp³-hybridized carbons (Fsp3) is 0. The van der Waals surface area contributed by atoms with Gasteiger partial charge in [0.05, 0.1) is 11.1 Å². The van der Waals surface area contributed by atoms with Gasteiger partial charge in [0, 0.05) is 10.6 Å². The second kappa shape index (κ2) is 5.51. The maximum atomic E-state index is 11.8. The highest BCUT2D eigenvalue weighted by Crippen LogP contribution is 2.13. The summed E-state index contributed by atoms with van der Waals surface area (Å²) in [6, 6.07) is 7.71. The molecule has 0 saturated heterocycles. The Morgan fingerprint density at radius 1 is 1.22 bits per heavy atom. The third-order valence-corrected chi connectivity index (χ3v) is 4.25. The van der Waals surface area contributed by atoms with Crippen molar-refractivity contribution in [2.24, 2.45) is 5.10 Å². The summed E-state index contributed by atoms with van der Waals surface area (Å²) in [4.78, 5) is 2.26. The van der Waals surface area contributed by atoms with E-state index in [4.69, 9.17) is 11.6 Å². The first-order valence-electron chi connectivity index (χ1n) is 4.90. The largest absolute Gasteiger partial charge is 0.276 e. The van der Waals surface area contributed by atoms with Gasteiger partial charge in [-0.05, 0) is 41.1 Å². The molecule has 0 fully saturated rings. The van der Waals surface area contributed by atoms with Gasteiger partial charge >= 0.3 is 0 Å². The van der Waals surface area contributed by atoms with Crippen LogP contribution >= 0.6 is 22.9 Å². The van der Waals surface area contributed by atoms with Crippen LogP contribution in [0.25, 0.3) is 0 Å². The standard InChI is InChI=1S/C11H9ClN2O2S2/c12-10-1-3-11(4-2-10)18(15,16)14-13-7-9-5-6-17-8-9/h1-8,14H/b13-7+. The fourth-order valence-electron chi connectivity index (χ4n) is 1.19. The highest BCUT2D eigenvalue weighted by molar-refractivity contribution is 7.89. The Bertz CT molecular complexity index is 634. The molecule has 0 atom stereocenters. The van der Waals surface area contributed by atoms with E-state index in [1.165, 1.54) is 41.8 Å². The maximum Gasteiger partial charge on any atom is 0.276 e. The minimum atomic E-state index is -3.63. The van der Waals surface area contributed by atoms with E-state index in [9.17, 15) is 8.42 Å². The molecule has 0 aliphatic rings. The molecule has 7 heteroatoms. The van der Waals surface area contributed by atoms with Crippen molar-refractivity contribution >= 4 is 39.2 Å². The highest BCUT2D eigenvalue weighted by atomic mass is 35.5. The molecule has 0 saturated carbocycles. The summed E-state index contributed by atoms with van der Waals surface area (Å²) in [6.07, 6.45) is 1.45. The Labute approximate surface area is 114 Å². The third-order valence-electron chi connectivity index (χ3n) is 2.05. The van der Waals surface area contributed by atoms with Gasteiger partial charge in [0.2, 0.25) is 0 Å². The van der Waals surface area contributed by atoms with Crippen molar-refractivity contribution in [3.05, 3.63) is 51.7 Å². The lowest BCUT2D eigenvalue weighted by Gasteiger charge is -2.02. The van der Waals surface area contributed by atoms with E-state index < -0.39 is 10.0 Å². The van der Waals surface area contributed by atoms with Gasteiger partial charge in [0.15, 0.2) is 0 Å². The molecule has 94 valence electrons. The molecule has 0 spiro atoms. The monoisotopic (exact) mass is 300 g/mol. The molecule has 0 radical (unpaired) electrons. The zero-order chi connectivity index (χ0) is 13.0. The van der Waals surface area contributed by atoms with Gasteiger partial charge < -0.3 is 0 Å². The molecule has 18 heavy (non-hydrogen) atoms. The molecule has 1 heterocycles. The molecular weight excluding hydrogens is 292 g/mol.